The van der Waals surface area contributed by atoms with E-state index in [1.807, 2.05) is 30.3 Å². The van der Waals surface area contributed by atoms with Gasteiger partial charge in [0.15, 0.2) is 0 Å². The molecule has 7 heteroatoms. The lowest BCUT2D eigenvalue weighted by Gasteiger charge is -2.07. The molecule has 7 nitrogen and oxygen atoms in total. The minimum absolute atomic E-state index is 0.180. The molecule has 0 unspecified atom stereocenters. The van der Waals surface area contributed by atoms with Gasteiger partial charge in [-0.1, -0.05) is 18.2 Å². The Morgan fingerprint density at radius 1 is 1.33 bits per heavy atom. The number of H-pyrrole nitrogens is 1. The average molecular weight is 278 g/mol. The topological polar surface area (TPSA) is 111 Å². The fourth-order valence-corrected chi connectivity index (χ4v) is 1.96. The molecule has 3 rings (SSSR count). The number of aromatic amines is 1. The third-order valence-electron chi connectivity index (χ3n) is 2.94. The van der Waals surface area contributed by atoms with Gasteiger partial charge in [-0.15, -0.1) is 10.2 Å². The molecular weight excluding hydrogens is 268 g/mol. The first-order valence-corrected chi connectivity index (χ1v) is 6.10. The van der Waals surface area contributed by atoms with Crippen LogP contribution in [0.2, 0.25) is 0 Å². The molecule has 21 heavy (non-hydrogen) atoms. The molecule has 0 radical (unpaired) electrons. The zero-order valence-corrected chi connectivity index (χ0v) is 10.8. The summed E-state index contributed by atoms with van der Waals surface area (Å²) < 4.78 is 0. The first kappa shape index (κ1) is 12.6. The van der Waals surface area contributed by atoms with Gasteiger partial charge in [-0.25, -0.2) is 0 Å². The van der Waals surface area contributed by atoms with E-state index in [-0.39, 0.29) is 17.1 Å². The van der Waals surface area contributed by atoms with Gasteiger partial charge in [0.25, 0.3) is 0 Å². The summed E-state index contributed by atoms with van der Waals surface area (Å²) in [7, 11) is 0. The van der Waals surface area contributed by atoms with Crippen molar-refractivity contribution in [2.45, 2.75) is 0 Å². The number of benzene rings is 2. The number of aromatic hydroxyl groups is 1. The molecule has 0 spiro atoms. The van der Waals surface area contributed by atoms with Crippen molar-refractivity contribution < 1.29 is 5.11 Å². The summed E-state index contributed by atoms with van der Waals surface area (Å²) in [5.74, 6) is 0.396. The standard InChI is InChI=1S/C14H10N6O/c15-7-10(14-17-19-20-18-14)8-16-13-3-1-2-9-4-5-11(21)6-12(9)13/h1-6,8,16,21H,(H,17,18,19,20). The van der Waals surface area contributed by atoms with Gasteiger partial charge < -0.3 is 10.4 Å². The van der Waals surface area contributed by atoms with Crippen molar-refractivity contribution in [1.82, 2.24) is 20.6 Å². The monoisotopic (exact) mass is 278 g/mol. The number of nitrogens with one attached hydrogen (secondary N) is 2. The number of nitrogens with zero attached hydrogens (tertiary/aromatic N) is 4. The van der Waals surface area contributed by atoms with Gasteiger partial charge in [0.2, 0.25) is 5.82 Å². The number of tetrazole rings is 1. The van der Waals surface area contributed by atoms with E-state index in [1.165, 1.54) is 6.20 Å². The molecular formula is C14H10N6O. The highest BCUT2D eigenvalue weighted by Gasteiger charge is 2.06. The van der Waals surface area contributed by atoms with Gasteiger partial charge >= 0.3 is 0 Å². The summed E-state index contributed by atoms with van der Waals surface area (Å²) in [5.41, 5.74) is 1.01. The summed E-state index contributed by atoms with van der Waals surface area (Å²) in [6.07, 6.45) is 1.50. The third kappa shape index (κ3) is 2.50. The molecule has 0 bridgehead atoms. The molecule has 0 atom stereocenters. The Kier molecular flexibility index (Phi) is 3.19. The SMILES string of the molecule is N#CC(=CNc1cccc2ccc(O)cc12)c1nn[nH]n1. The van der Waals surface area contributed by atoms with Crippen LogP contribution in [0.25, 0.3) is 16.3 Å². The molecule has 0 saturated heterocycles. The zero-order chi connectivity index (χ0) is 14.7. The van der Waals surface area contributed by atoms with Crippen molar-refractivity contribution in [3.8, 4) is 11.8 Å². The van der Waals surface area contributed by atoms with Crippen LogP contribution in [-0.4, -0.2) is 25.7 Å². The predicted octanol–water partition coefficient (Wildman–Crippen LogP) is 2.04. The number of aromatic nitrogens is 4. The number of fused-ring (bicyclic) bond motifs is 1. The molecule has 3 aromatic rings. The van der Waals surface area contributed by atoms with Crippen LogP contribution in [0.5, 0.6) is 5.75 Å². The maximum absolute atomic E-state index is 9.60. The van der Waals surface area contributed by atoms with Gasteiger partial charge in [0.05, 0.1) is 0 Å². The Balaban J connectivity index is 1.99. The molecule has 0 aliphatic carbocycles. The Bertz CT molecular complexity index is 848. The maximum atomic E-state index is 9.60. The summed E-state index contributed by atoms with van der Waals surface area (Å²) in [6.45, 7) is 0. The van der Waals surface area contributed by atoms with Crippen LogP contribution in [-0.2, 0) is 0 Å². The zero-order valence-electron chi connectivity index (χ0n) is 10.8. The van der Waals surface area contributed by atoms with E-state index in [2.05, 4.69) is 25.9 Å². The number of anilines is 1. The smallest absolute Gasteiger partial charge is 0.216 e. The van der Waals surface area contributed by atoms with Gasteiger partial charge in [-0.2, -0.15) is 10.5 Å². The van der Waals surface area contributed by atoms with Crippen molar-refractivity contribution in [3.63, 3.8) is 0 Å². The minimum atomic E-state index is 0.180. The summed E-state index contributed by atoms with van der Waals surface area (Å²) in [5, 5.41) is 36.8. The second-order valence-electron chi connectivity index (χ2n) is 4.26. The first-order valence-electron chi connectivity index (χ1n) is 6.10. The van der Waals surface area contributed by atoms with E-state index >= 15 is 0 Å². The summed E-state index contributed by atoms with van der Waals surface area (Å²) >= 11 is 0. The van der Waals surface area contributed by atoms with Crippen LogP contribution in [0.15, 0.2) is 42.6 Å². The van der Waals surface area contributed by atoms with Crippen molar-refractivity contribution in [2.75, 3.05) is 5.32 Å². The Morgan fingerprint density at radius 2 is 2.24 bits per heavy atom. The molecule has 2 aromatic carbocycles. The molecule has 1 heterocycles. The lowest BCUT2D eigenvalue weighted by molar-refractivity contribution is 0.476. The second-order valence-corrected chi connectivity index (χ2v) is 4.26. The molecule has 0 saturated carbocycles. The molecule has 1 aromatic heterocycles. The van der Waals surface area contributed by atoms with E-state index in [0.29, 0.717) is 0 Å². The number of hydrogen-bond acceptors (Lipinski definition) is 6. The van der Waals surface area contributed by atoms with Crippen molar-refractivity contribution in [1.29, 1.82) is 5.26 Å². The van der Waals surface area contributed by atoms with E-state index in [4.69, 9.17) is 5.26 Å². The second kappa shape index (κ2) is 5.30. The number of phenols is 1. The molecule has 3 N–H and O–H groups in total. The molecule has 102 valence electrons. The molecule has 0 amide bonds. The third-order valence-corrected chi connectivity index (χ3v) is 2.94. The highest BCUT2D eigenvalue weighted by Crippen LogP contribution is 2.27. The van der Waals surface area contributed by atoms with Crippen LogP contribution in [0.4, 0.5) is 5.69 Å². The quantitative estimate of drug-likeness (QED) is 0.632. The van der Waals surface area contributed by atoms with Gasteiger partial charge in [-0.3, -0.25) is 0 Å². The number of nitriles is 1. The van der Waals surface area contributed by atoms with Crippen LogP contribution >= 0.6 is 0 Å². The molecule has 0 aliphatic heterocycles. The van der Waals surface area contributed by atoms with E-state index in [1.54, 1.807) is 12.1 Å². The van der Waals surface area contributed by atoms with Gasteiger partial charge in [0.1, 0.15) is 17.4 Å². The average Bonchev–Trinajstić information content (AvgIpc) is 3.02. The summed E-state index contributed by atoms with van der Waals surface area (Å²) in [6, 6.07) is 12.8. The van der Waals surface area contributed by atoms with E-state index in [9.17, 15) is 5.11 Å². The van der Waals surface area contributed by atoms with Crippen molar-refractivity contribution >= 4 is 22.0 Å². The maximum Gasteiger partial charge on any atom is 0.216 e. The van der Waals surface area contributed by atoms with Crippen LogP contribution in [0.3, 0.4) is 0 Å². The first-order chi connectivity index (χ1) is 10.3. The predicted molar refractivity (Wildman–Crippen MR) is 77.0 cm³/mol. The largest absolute Gasteiger partial charge is 0.508 e. The fourth-order valence-electron chi connectivity index (χ4n) is 1.96. The minimum Gasteiger partial charge on any atom is -0.508 e. The van der Waals surface area contributed by atoms with Crippen LogP contribution in [0, 0.1) is 11.3 Å². The molecule has 0 fully saturated rings. The Hall–Kier alpha value is -3.40. The highest BCUT2D eigenvalue weighted by molar-refractivity contribution is 5.95. The van der Waals surface area contributed by atoms with E-state index in [0.717, 1.165) is 16.5 Å². The number of allylic oxidation sites excluding steroid dienone is 1. The van der Waals surface area contributed by atoms with Gasteiger partial charge in [0, 0.05) is 17.3 Å². The lowest BCUT2D eigenvalue weighted by Crippen LogP contribution is -1.93. The highest BCUT2D eigenvalue weighted by atomic mass is 16.3. The summed E-state index contributed by atoms with van der Waals surface area (Å²) in [4.78, 5) is 0. The van der Waals surface area contributed by atoms with Crippen LogP contribution in [0.1, 0.15) is 5.82 Å². The van der Waals surface area contributed by atoms with Crippen molar-refractivity contribution in [2.24, 2.45) is 0 Å². The van der Waals surface area contributed by atoms with Gasteiger partial charge in [-0.05, 0) is 28.8 Å². The lowest BCUT2D eigenvalue weighted by atomic mass is 10.1. The molecule has 0 aliphatic rings. The van der Waals surface area contributed by atoms with Crippen LogP contribution < -0.4 is 5.32 Å². The number of phenolic OH excluding ortho intramolecular Hbond substituents is 1. The normalized spacial score (nSPS) is 11.3. The Morgan fingerprint density at radius 3 is 3.00 bits per heavy atom. The Labute approximate surface area is 119 Å². The number of rotatable bonds is 3. The fraction of sp³-hybridized carbons (Fsp3) is 0. The van der Waals surface area contributed by atoms with E-state index < -0.39 is 0 Å². The van der Waals surface area contributed by atoms with Crippen molar-refractivity contribution in [3.05, 3.63) is 48.4 Å². The number of hydrogen-bond donors (Lipinski definition) is 3.